The summed E-state index contributed by atoms with van der Waals surface area (Å²) in [6.45, 7) is 1.81. The molecule has 0 bridgehead atoms. The Morgan fingerprint density at radius 2 is 2.32 bits per heavy atom. The van der Waals surface area contributed by atoms with Crippen LogP contribution in [0.5, 0.6) is 0 Å². The second-order valence-electron chi connectivity index (χ2n) is 5.30. The molecule has 1 saturated heterocycles. The molecule has 10 heteroatoms. The van der Waals surface area contributed by atoms with E-state index >= 15 is 0 Å². The first-order valence-corrected chi connectivity index (χ1v) is 7.84. The summed E-state index contributed by atoms with van der Waals surface area (Å²) in [5, 5.41) is 30.3. The first-order valence-electron chi connectivity index (χ1n) is 6.96. The number of nitrogens with one attached hydrogen (secondary N) is 1. The number of aromatic nitrogens is 2. The molecule has 3 heterocycles. The summed E-state index contributed by atoms with van der Waals surface area (Å²) >= 11 is 0.905. The van der Waals surface area contributed by atoms with E-state index in [1.807, 2.05) is 6.92 Å². The van der Waals surface area contributed by atoms with Gasteiger partial charge in [-0.05, 0) is 6.42 Å². The number of hydrogen-bond donors (Lipinski definition) is 5. The number of ether oxygens (including phenoxy) is 1. The molecular formula is C12H18N4O5S. The second-order valence-corrected chi connectivity index (χ2v) is 6.36. The number of aromatic amines is 1. The average Bonchev–Trinajstić information content (AvgIpc) is 2.98. The maximum atomic E-state index is 11.9. The van der Waals surface area contributed by atoms with Gasteiger partial charge in [0, 0.05) is 6.42 Å². The van der Waals surface area contributed by atoms with Crippen LogP contribution in [0.15, 0.2) is 9.69 Å². The summed E-state index contributed by atoms with van der Waals surface area (Å²) in [5.74, 6) is 0.0931. The number of nitrogens with zero attached hydrogens (tertiary/aromatic N) is 2. The molecule has 0 spiro atoms. The molecule has 3 rings (SSSR count). The number of aliphatic hydroxyl groups is 3. The molecule has 0 radical (unpaired) electrons. The van der Waals surface area contributed by atoms with Crippen molar-refractivity contribution in [3.8, 4) is 0 Å². The fourth-order valence-corrected chi connectivity index (χ4v) is 3.66. The Hall–Kier alpha value is -1.33. The van der Waals surface area contributed by atoms with E-state index in [0.29, 0.717) is 6.42 Å². The number of hydrogen-bond acceptors (Lipinski definition) is 9. The van der Waals surface area contributed by atoms with Crippen molar-refractivity contribution in [2.45, 2.75) is 54.8 Å². The van der Waals surface area contributed by atoms with Crippen LogP contribution in [0.1, 0.15) is 19.8 Å². The first-order chi connectivity index (χ1) is 10.4. The third kappa shape index (κ3) is 2.46. The Morgan fingerprint density at radius 1 is 1.59 bits per heavy atom. The molecule has 5 atom stereocenters. The van der Waals surface area contributed by atoms with E-state index in [4.69, 9.17) is 10.5 Å². The van der Waals surface area contributed by atoms with Crippen molar-refractivity contribution < 1.29 is 20.1 Å². The molecule has 1 fully saturated rings. The maximum Gasteiger partial charge on any atom is 0.268 e. The smallest absolute Gasteiger partial charge is 0.268 e. The molecule has 0 aliphatic carbocycles. The molecular weight excluding hydrogens is 312 g/mol. The van der Waals surface area contributed by atoms with E-state index in [1.54, 1.807) is 0 Å². The van der Waals surface area contributed by atoms with E-state index in [0.717, 1.165) is 11.8 Å². The van der Waals surface area contributed by atoms with Gasteiger partial charge in [-0.3, -0.25) is 14.7 Å². The summed E-state index contributed by atoms with van der Waals surface area (Å²) in [6.07, 6.45) is -2.34. The van der Waals surface area contributed by atoms with Crippen molar-refractivity contribution in [1.29, 1.82) is 0 Å². The Kier molecular flexibility index (Phi) is 4.03. The van der Waals surface area contributed by atoms with Crippen LogP contribution in [0.2, 0.25) is 0 Å². The van der Waals surface area contributed by atoms with Gasteiger partial charge in [-0.15, -0.1) is 0 Å². The molecule has 1 aromatic heterocycles. The highest BCUT2D eigenvalue weighted by Crippen LogP contribution is 2.42. The van der Waals surface area contributed by atoms with Gasteiger partial charge in [-0.2, -0.15) is 4.98 Å². The van der Waals surface area contributed by atoms with Crippen molar-refractivity contribution in [2.75, 3.05) is 10.6 Å². The van der Waals surface area contributed by atoms with Crippen LogP contribution < -0.4 is 16.2 Å². The van der Waals surface area contributed by atoms with Crippen LogP contribution >= 0.6 is 11.8 Å². The molecule has 2 aliphatic heterocycles. The van der Waals surface area contributed by atoms with Crippen molar-refractivity contribution in [3.63, 3.8) is 0 Å². The van der Waals surface area contributed by atoms with Gasteiger partial charge in [0.15, 0.2) is 17.6 Å². The number of aliphatic hydroxyl groups excluding tert-OH is 3. The largest absolute Gasteiger partial charge is 0.390 e. The normalized spacial score (nSPS) is 32.3. The van der Waals surface area contributed by atoms with Crippen LogP contribution in [0, 0.1) is 0 Å². The van der Waals surface area contributed by atoms with E-state index in [-0.39, 0.29) is 23.1 Å². The molecule has 1 unspecified atom stereocenters. The van der Waals surface area contributed by atoms with Crippen molar-refractivity contribution in [3.05, 3.63) is 10.4 Å². The number of nitrogen functional groups attached to an aromatic ring is 1. The van der Waals surface area contributed by atoms with Crippen molar-refractivity contribution >= 4 is 23.5 Å². The number of anilines is 2. The standard InChI is InChI=1S/C12H18N4O5S/c1-2-4(17)6-3-5(18)10(21-6)16-8-7(22-12(16)20)9(19)15-11(13)14-8/h4-6,10,12,17-18,20H,2-3H2,1H3,(H3,13,14,15,19)/t4-,5+,6-,10+,12?/m0/s1. The number of fused-ring (bicyclic) bond motifs is 1. The van der Waals surface area contributed by atoms with Gasteiger partial charge in [-0.25, -0.2) is 0 Å². The van der Waals surface area contributed by atoms with Crippen LogP contribution in [0.4, 0.5) is 11.8 Å². The zero-order chi connectivity index (χ0) is 16.0. The lowest BCUT2D eigenvalue weighted by Gasteiger charge is -2.30. The molecule has 0 amide bonds. The number of thioether (sulfide) groups is 1. The van der Waals surface area contributed by atoms with Crippen LogP contribution in [0.25, 0.3) is 0 Å². The number of nitrogens with two attached hydrogens (primary N) is 1. The second kappa shape index (κ2) is 5.70. The van der Waals surface area contributed by atoms with Crippen LogP contribution in [0.3, 0.4) is 0 Å². The fourth-order valence-electron chi connectivity index (χ4n) is 2.70. The summed E-state index contributed by atoms with van der Waals surface area (Å²) in [6, 6.07) is 0. The Bertz CT molecular complexity index is 626. The lowest BCUT2D eigenvalue weighted by molar-refractivity contribution is -0.0518. The number of rotatable bonds is 3. The maximum absolute atomic E-state index is 11.9. The highest BCUT2D eigenvalue weighted by molar-refractivity contribution is 8.00. The van der Waals surface area contributed by atoms with Crippen molar-refractivity contribution in [1.82, 2.24) is 9.97 Å². The highest BCUT2D eigenvalue weighted by atomic mass is 32.2. The van der Waals surface area contributed by atoms with Gasteiger partial charge in [0.1, 0.15) is 11.0 Å². The molecule has 6 N–H and O–H groups in total. The molecule has 2 aliphatic rings. The van der Waals surface area contributed by atoms with Crippen LogP contribution in [-0.4, -0.2) is 55.4 Å². The average molecular weight is 330 g/mol. The van der Waals surface area contributed by atoms with E-state index in [9.17, 15) is 20.1 Å². The molecule has 9 nitrogen and oxygen atoms in total. The van der Waals surface area contributed by atoms with Crippen LogP contribution in [-0.2, 0) is 4.74 Å². The third-order valence-electron chi connectivity index (χ3n) is 3.82. The minimum Gasteiger partial charge on any atom is -0.390 e. The quantitative estimate of drug-likeness (QED) is 0.460. The third-order valence-corrected chi connectivity index (χ3v) is 4.86. The topological polar surface area (TPSA) is 145 Å². The summed E-state index contributed by atoms with van der Waals surface area (Å²) in [7, 11) is 0. The lowest BCUT2D eigenvalue weighted by atomic mass is 10.1. The van der Waals surface area contributed by atoms with Gasteiger partial charge in [0.05, 0.1) is 12.2 Å². The van der Waals surface area contributed by atoms with Gasteiger partial charge in [0.2, 0.25) is 5.95 Å². The molecule has 1 aromatic rings. The van der Waals surface area contributed by atoms with Crippen molar-refractivity contribution in [2.24, 2.45) is 0 Å². The summed E-state index contributed by atoms with van der Waals surface area (Å²) < 4.78 is 5.68. The highest BCUT2D eigenvalue weighted by Gasteiger charge is 2.47. The lowest BCUT2D eigenvalue weighted by Crippen LogP contribution is -2.45. The van der Waals surface area contributed by atoms with Gasteiger partial charge in [0.25, 0.3) is 5.56 Å². The Balaban J connectivity index is 1.92. The summed E-state index contributed by atoms with van der Waals surface area (Å²) in [5.41, 5.74) is 3.97. The van der Waals surface area contributed by atoms with Gasteiger partial charge < -0.3 is 25.8 Å². The predicted molar refractivity (Wildman–Crippen MR) is 79.2 cm³/mol. The zero-order valence-corrected chi connectivity index (χ0v) is 12.7. The molecule has 0 aromatic carbocycles. The van der Waals surface area contributed by atoms with E-state index < -0.39 is 35.7 Å². The summed E-state index contributed by atoms with van der Waals surface area (Å²) in [4.78, 5) is 19.8. The predicted octanol–water partition coefficient (Wildman–Crippen LogP) is -1.21. The molecule has 122 valence electrons. The van der Waals surface area contributed by atoms with Gasteiger partial charge >= 0.3 is 0 Å². The molecule has 22 heavy (non-hydrogen) atoms. The monoisotopic (exact) mass is 330 g/mol. The zero-order valence-electron chi connectivity index (χ0n) is 11.8. The SMILES string of the molecule is CC[C@H](O)[C@@H]1C[C@@H](O)[C@H](N2c3nc(N)[nH]c(=O)c3SC2O)O1. The minimum atomic E-state index is -1.12. The minimum absolute atomic E-state index is 0.0823. The Morgan fingerprint density at radius 3 is 3.00 bits per heavy atom. The first kappa shape index (κ1) is 15.6. The molecule has 0 saturated carbocycles. The fraction of sp³-hybridized carbons (Fsp3) is 0.667. The van der Waals surface area contributed by atoms with E-state index in [2.05, 4.69) is 9.97 Å². The number of H-pyrrole nitrogens is 1. The van der Waals surface area contributed by atoms with Gasteiger partial charge in [-0.1, -0.05) is 18.7 Å². The van der Waals surface area contributed by atoms with E-state index in [1.165, 1.54) is 4.90 Å². The Labute approximate surface area is 130 Å².